The minimum absolute atomic E-state index is 0.590. The summed E-state index contributed by atoms with van der Waals surface area (Å²) in [5, 5.41) is 1.47. The molecule has 0 spiro atoms. The molecule has 98 valence electrons. The number of hydrogen-bond donors (Lipinski definition) is 0. The first-order valence-corrected chi connectivity index (χ1v) is 8.00. The van der Waals surface area contributed by atoms with E-state index in [2.05, 4.69) is 67.8 Å². The van der Waals surface area contributed by atoms with E-state index in [1.807, 2.05) is 0 Å². The van der Waals surface area contributed by atoms with Crippen molar-refractivity contribution in [3.63, 3.8) is 0 Å². The SMILES string of the molecule is CC(C)N1CCN(C(C)C)C1[Si]c1ccccc1. The van der Waals surface area contributed by atoms with Crippen LogP contribution in [0.25, 0.3) is 0 Å². The highest BCUT2D eigenvalue weighted by Crippen LogP contribution is 2.19. The summed E-state index contributed by atoms with van der Waals surface area (Å²) in [7, 11) is 0.856. The Morgan fingerprint density at radius 3 is 1.89 bits per heavy atom. The molecule has 1 aromatic rings. The van der Waals surface area contributed by atoms with Gasteiger partial charge in [-0.3, -0.25) is 9.80 Å². The van der Waals surface area contributed by atoms with E-state index < -0.39 is 0 Å². The Morgan fingerprint density at radius 2 is 1.44 bits per heavy atom. The highest BCUT2D eigenvalue weighted by Gasteiger charge is 2.34. The van der Waals surface area contributed by atoms with Crippen molar-refractivity contribution in [2.45, 2.75) is 45.6 Å². The highest BCUT2D eigenvalue weighted by atomic mass is 28.2. The molecule has 3 heteroatoms. The van der Waals surface area contributed by atoms with Gasteiger partial charge in [0.1, 0.15) is 9.52 Å². The molecule has 0 bridgehead atoms. The molecule has 0 aliphatic carbocycles. The van der Waals surface area contributed by atoms with Crippen LogP contribution in [0, 0.1) is 0 Å². The first kappa shape index (κ1) is 13.8. The molecule has 0 aromatic heterocycles. The maximum Gasteiger partial charge on any atom is 0.123 e. The van der Waals surface area contributed by atoms with Gasteiger partial charge < -0.3 is 0 Å². The van der Waals surface area contributed by atoms with Gasteiger partial charge >= 0.3 is 0 Å². The lowest BCUT2D eigenvalue weighted by molar-refractivity contribution is 0.150. The Kier molecular flexibility index (Phi) is 4.59. The van der Waals surface area contributed by atoms with Crippen molar-refractivity contribution >= 4 is 14.7 Å². The van der Waals surface area contributed by atoms with Crippen LogP contribution in [0.4, 0.5) is 0 Å². The van der Waals surface area contributed by atoms with Crippen molar-refractivity contribution in [2.75, 3.05) is 13.1 Å². The first-order chi connectivity index (χ1) is 8.59. The Morgan fingerprint density at radius 1 is 0.944 bits per heavy atom. The van der Waals surface area contributed by atoms with E-state index in [9.17, 15) is 0 Å². The van der Waals surface area contributed by atoms with Crippen LogP contribution < -0.4 is 5.19 Å². The van der Waals surface area contributed by atoms with E-state index >= 15 is 0 Å². The molecule has 0 amide bonds. The number of benzene rings is 1. The number of hydrogen-bond acceptors (Lipinski definition) is 2. The Labute approximate surface area is 114 Å². The summed E-state index contributed by atoms with van der Waals surface area (Å²) in [6.45, 7) is 11.7. The predicted molar refractivity (Wildman–Crippen MR) is 79.3 cm³/mol. The molecular formula is C15H24N2Si. The lowest BCUT2D eigenvalue weighted by atomic mass is 10.3. The van der Waals surface area contributed by atoms with E-state index in [1.54, 1.807) is 0 Å². The second-order valence-corrected chi connectivity index (χ2v) is 6.93. The Balaban J connectivity index is 2.14. The van der Waals surface area contributed by atoms with Crippen molar-refractivity contribution in [1.82, 2.24) is 9.80 Å². The molecule has 0 saturated carbocycles. The standard InChI is InChI=1S/C15H24N2Si/c1-12(2)16-10-11-17(13(3)4)15(16)18-14-8-6-5-7-9-14/h5-9,12-13,15H,10-11H2,1-4H3. The van der Waals surface area contributed by atoms with Gasteiger partial charge in [-0.2, -0.15) is 0 Å². The fourth-order valence-corrected chi connectivity index (χ4v) is 4.47. The number of rotatable bonds is 4. The third-order valence-electron chi connectivity index (χ3n) is 3.64. The zero-order valence-corrected chi connectivity index (χ0v) is 12.9. The molecule has 18 heavy (non-hydrogen) atoms. The molecule has 0 N–H and O–H groups in total. The molecule has 0 atom stereocenters. The molecule has 1 heterocycles. The van der Waals surface area contributed by atoms with E-state index in [1.165, 1.54) is 18.3 Å². The van der Waals surface area contributed by atoms with Gasteiger partial charge in [-0.15, -0.1) is 0 Å². The Bertz CT molecular complexity index is 348. The predicted octanol–water partition coefficient (Wildman–Crippen LogP) is 1.73. The number of nitrogens with zero attached hydrogens (tertiary/aromatic N) is 2. The average Bonchev–Trinajstić information content (AvgIpc) is 2.74. The van der Waals surface area contributed by atoms with E-state index in [4.69, 9.17) is 0 Å². The summed E-state index contributed by atoms with van der Waals surface area (Å²) in [5.74, 6) is 0.590. The minimum Gasteiger partial charge on any atom is -0.287 e. The maximum atomic E-state index is 2.64. The normalized spacial score (nSPS) is 19.2. The minimum atomic E-state index is 0.590. The first-order valence-electron chi connectivity index (χ1n) is 6.92. The fraction of sp³-hybridized carbons (Fsp3) is 0.600. The maximum absolute atomic E-state index is 2.64. The average molecular weight is 260 g/mol. The monoisotopic (exact) mass is 260 g/mol. The second kappa shape index (κ2) is 6.00. The highest BCUT2D eigenvalue weighted by molar-refractivity contribution is 6.54. The topological polar surface area (TPSA) is 6.48 Å². The third kappa shape index (κ3) is 3.02. The summed E-state index contributed by atoms with van der Waals surface area (Å²) in [4.78, 5) is 5.29. The quantitative estimate of drug-likeness (QED) is 0.761. The van der Waals surface area contributed by atoms with Gasteiger partial charge in [-0.05, 0) is 27.7 Å². The molecule has 1 fully saturated rings. The van der Waals surface area contributed by atoms with Crippen LogP contribution in [0.3, 0.4) is 0 Å². The largest absolute Gasteiger partial charge is 0.287 e. The van der Waals surface area contributed by atoms with E-state index in [0.29, 0.717) is 17.9 Å². The molecule has 1 aliphatic rings. The van der Waals surface area contributed by atoms with Crippen molar-refractivity contribution in [1.29, 1.82) is 0 Å². The van der Waals surface area contributed by atoms with Gasteiger partial charge in [-0.25, -0.2) is 0 Å². The third-order valence-corrected chi connectivity index (χ3v) is 5.23. The van der Waals surface area contributed by atoms with Crippen LogP contribution in [0.15, 0.2) is 30.3 Å². The molecule has 1 saturated heterocycles. The van der Waals surface area contributed by atoms with Crippen LogP contribution in [-0.2, 0) is 0 Å². The van der Waals surface area contributed by atoms with Gasteiger partial charge in [0.2, 0.25) is 0 Å². The van der Waals surface area contributed by atoms with Crippen LogP contribution >= 0.6 is 0 Å². The molecule has 2 rings (SSSR count). The molecule has 2 nitrogen and oxygen atoms in total. The van der Waals surface area contributed by atoms with Crippen LogP contribution in [-0.4, -0.2) is 50.3 Å². The van der Waals surface area contributed by atoms with E-state index in [0.717, 1.165) is 9.52 Å². The van der Waals surface area contributed by atoms with Gasteiger partial charge in [0, 0.05) is 25.2 Å². The summed E-state index contributed by atoms with van der Waals surface area (Å²) < 4.78 is 0. The van der Waals surface area contributed by atoms with Gasteiger partial charge in [0.05, 0.1) is 5.79 Å². The summed E-state index contributed by atoms with van der Waals surface area (Å²) in [6, 6.07) is 12.2. The lowest BCUT2D eigenvalue weighted by Crippen LogP contribution is -2.51. The van der Waals surface area contributed by atoms with Crippen LogP contribution in [0.5, 0.6) is 0 Å². The van der Waals surface area contributed by atoms with Crippen LogP contribution in [0.1, 0.15) is 27.7 Å². The summed E-state index contributed by atoms with van der Waals surface area (Å²) in [6.07, 6.45) is 0. The smallest absolute Gasteiger partial charge is 0.123 e. The zero-order chi connectivity index (χ0) is 13.1. The van der Waals surface area contributed by atoms with Crippen molar-refractivity contribution in [2.24, 2.45) is 0 Å². The van der Waals surface area contributed by atoms with Crippen LogP contribution in [0.2, 0.25) is 0 Å². The summed E-state index contributed by atoms with van der Waals surface area (Å²) >= 11 is 0. The Hall–Kier alpha value is -0.643. The van der Waals surface area contributed by atoms with Crippen molar-refractivity contribution < 1.29 is 0 Å². The lowest BCUT2D eigenvalue weighted by Gasteiger charge is -2.34. The molecule has 1 aromatic carbocycles. The second-order valence-electron chi connectivity index (χ2n) is 5.55. The van der Waals surface area contributed by atoms with Gasteiger partial charge in [0.15, 0.2) is 0 Å². The molecule has 1 aliphatic heterocycles. The van der Waals surface area contributed by atoms with Gasteiger partial charge in [-0.1, -0.05) is 35.5 Å². The summed E-state index contributed by atoms with van der Waals surface area (Å²) in [5.41, 5.74) is 0. The van der Waals surface area contributed by atoms with E-state index in [-0.39, 0.29) is 0 Å². The molecule has 0 unspecified atom stereocenters. The van der Waals surface area contributed by atoms with Gasteiger partial charge in [0.25, 0.3) is 0 Å². The van der Waals surface area contributed by atoms with Crippen molar-refractivity contribution in [3.8, 4) is 0 Å². The zero-order valence-electron chi connectivity index (χ0n) is 11.9. The molecular weight excluding hydrogens is 236 g/mol. The molecule has 2 radical (unpaired) electrons. The fourth-order valence-electron chi connectivity index (χ4n) is 2.60. The van der Waals surface area contributed by atoms with Crippen molar-refractivity contribution in [3.05, 3.63) is 30.3 Å².